The lowest BCUT2D eigenvalue weighted by Gasteiger charge is -2.29. The third-order valence-electron chi connectivity index (χ3n) is 5.15. The lowest BCUT2D eigenvalue weighted by Crippen LogP contribution is -2.45. The van der Waals surface area contributed by atoms with Gasteiger partial charge in [0.2, 0.25) is 5.91 Å². The first kappa shape index (κ1) is 19.9. The van der Waals surface area contributed by atoms with E-state index in [1.54, 1.807) is 0 Å². The van der Waals surface area contributed by atoms with Crippen molar-refractivity contribution in [3.8, 4) is 0 Å². The van der Waals surface area contributed by atoms with Gasteiger partial charge >= 0.3 is 6.03 Å². The maximum atomic E-state index is 12.3. The van der Waals surface area contributed by atoms with Gasteiger partial charge in [-0.2, -0.15) is 0 Å². The number of nitrogens with zero attached hydrogens (tertiary/aromatic N) is 1. The number of carbonyl (C=O) groups is 2. The van der Waals surface area contributed by atoms with Crippen LogP contribution >= 0.6 is 0 Å². The Morgan fingerprint density at radius 1 is 0.857 bits per heavy atom. The van der Waals surface area contributed by atoms with E-state index in [0.717, 1.165) is 32.1 Å². The summed E-state index contributed by atoms with van der Waals surface area (Å²) in [6.07, 6.45) is 5.07. The minimum absolute atomic E-state index is 0.0347. The van der Waals surface area contributed by atoms with E-state index in [2.05, 4.69) is 47.0 Å². The van der Waals surface area contributed by atoms with Crippen molar-refractivity contribution < 1.29 is 9.59 Å². The molecule has 0 saturated heterocycles. The molecule has 1 aliphatic heterocycles. The predicted octanol–water partition coefficient (Wildman–Crippen LogP) is 3.28. The van der Waals surface area contributed by atoms with Gasteiger partial charge in [0.05, 0.1) is 6.54 Å². The Morgan fingerprint density at radius 3 is 2.43 bits per heavy atom. The fraction of sp³-hybridized carbons (Fsp3) is 0.391. The number of hydrogen-bond acceptors (Lipinski definition) is 2. The van der Waals surface area contributed by atoms with Crippen molar-refractivity contribution in [1.82, 2.24) is 15.5 Å². The Kier molecular flexibility index (Phi) is 7.47. The third kappa shape index (κ3) is 6.12. The summed E-state index contributed by atoms with van der Waals surface area (Å²) in [4.78, 5) is 26.0. The van der Waals surface area contributed by atoms with Crippen molar-refractivity contribution in [2.45, 2.75) is 38.6 Å². The number of unbranched alkanes of at least 4 members (excludes halogenated alkanes) is 2. The molecule has 3 amide bonds. The normalized spacial score (nSPS) is 12.9. The summed E-state index contributed by atoms with van der Waals surface area (Å²) in [5.74, 6) is -0.0347. The zero-order valence-corrected chi connectivity index (χ0v) is 16.3. The maximum absolute atomic E-state index is 12.3. The smallest absolute Gasteiger partial charge is 0.315 e. The number of aryl methyl sites for hydroxylation is 1. The molecule has 5 heteroatoms. The minimum Gasteiger partial charge on any atom is -0.338 e. The van der Waals surface area contributed by atoms with Crippen LogP contribution in [-0.4, -0.2) is 36.5 Å². The van der Waals surface area contributed by atoms with Gasteiger partial charge in [-0.1, -0.05) is 61.0 Å². The topological polar surface area (TPSA) is 61.4 Å². The van der Waals surface area contributed by atoms with E-state index in [4.69, 9.17) is 0 Å². The number of fused-ring (bicyclic) bond motifs is 1. The highest BCUT2D eigenvalue weighted by Crippen LogP contribution is 2.18. The Balaban J connectivity index is 1.26. The van der Waals surface area contributed by atoms with Crippen LogP contribution in [-0.2, 0) is 24.2 Å². The number of urea groups is 1. The van der Waals surface area contributed by atoms with Gasteiger partial charge in [-0.3, -0.25) is 4.79 Å². The molecule has 2 aromatic carbocycles. The molecule has 0 aromatic heterocycles. The molecule has 0 saturated carbocycles. The summed E-state index contributed by atoms with van der Waals surface area (Å²) in [7, 11) is 0. The van der Waals surface area contributed by atoms with Crippen LogP contribution in [0.1, 0.15) is 36.0 Å². The monoisotopic (exact) mass is 379 g/mol. The van der Waals surface area contributed by atoms with E-state index < -0.39 is 0 Å². The summed E-state index contributed by atoms with van der Waals surface area (Å²) < 4.78 is 0. The summed E-state index contributed by atoms with van der Waals surface area (Å²) in [6, 6.07) is 18.4. The van der Waals surface area contributed by atoms with Gasteiger partial charge in [-0.15, -0.1) is 0 Å². The van der Waals surface area contributed by atoms with E-state index in [9.17, 15) is 9.59 Å². The van der Waals surface area contributed by atoms with Crippen LogP contribution in [0.15, 0.2) is 54.6 Å². The highest BCUT2D eigenvalue weighted by Gasteiger charge is 2.20. The molecule has 2 aromatic rings. The van der Waals surface area contributed by atoms with Crippen molar-refractivity contribution in [3.05, 3.63) is 71.3 Å². The van der Waals surface area contributed by atoms with Crippen LogP contribution in [0, 0.1) is 0 Å². The number of carbonyl (C=O) groups excluding carboxylic acids is 2. The van der Waals surface area contributed by atoms with Crippen LogP contribution < -0.4 is 10.6 Å². The zero-order chi connectivity index (χ0) is 19.6. The second kappa shape index (κ2) is 10.5. The summed E-state index contributed by atoms with van der Waals surface area (Å²) in [5, 5.41) is 5.51. The molecule has 0 spiro atoms. The lowest BCUT2D eigenvalue weighted by atomic mass is 10.00. The SMILES string of the molecule is O=C(NCCCCCc1ccccc1)NCC(=O)N1CCc2ccccc2C1. The molecule has 2 N–H and O–H groups in total. The van der Waals surface area contributed by atoms with Gasteiger partial charge < -0.3 is 15.5 Å². The van der Waals surface area contributed by atoms with Crippen LogP contribution in [0.2, 0.25) is 0 Å². The van der Waals surface area contributed by atoms with Gasteiger partial charge in [0.25, 0.3) is 0 Å². The molecule has 1 heterocycles. The standard InChI is InChI=1S/C23H29N3O2/c27-22(26-16-14-20-12-6-7-13-21(20)18-26)17-25-23(28)24-15-8-2-5-11-19-9-3-1-4-10-19/h1,3-4,6-7,9-10,12-13H,2,5,8,11,14-18H2,(H2,24,25,28). The Hall–Kier alpha value is -2.82. The molecule has 0 aliphatic carbocycles. The summed E-state index contributed by atoms with van der Waals surface area (Å²) in [5.41, 5.74) is 3.86. The quantitative estimate of drug-likeness (QED) is 0.692. The van der Waals surface area contributed by atoms with E-state index in [1.807, 2.05) is 23.1 Å². The molecule has 0 atom stereocenters. The molecule has 28 heavy (non-hydrogen) atoms. The van der Waals surface area contributed by atoms with Crippen LogP contribution in [0.4, 0.5) is 4.79 Å². The van der Waals surface area contributed by atoms with E-state index in [-0.39, 0.29) is 18.5 Å². The summed E-state index contributed by atoms with van der Waals surface area (Å²) >= 11 is 0. The minimum atomic E-state index is -0.270. The molecule has 5 nitrogen and oxygen atoms in total. The number of hydrogen-bond donors (Lipinski definition) is 2. The number of amides is 3. The maximum Gasteiger partial charge on any atom is 0.315 e. The average molecular weight is 380 g/mol. The molecule has 0 fully saturated rings. The van der Waals surface area contributed by atoms with Crippen LogP contribution in [0.3, 0.4) is 0 Å². The van der Waals surface area contributed by atoms with Crippen molar-refractivity contribution in [3.63, 3.8) is 0 Å². The lowest BCUT2D eigenvalue weighted by molar-refractivity contribution is -0.130. The third-order valence-corrected chi connectivity index (χ3v) is 5.15. The van der Waals surface area contributed by atoms with Crippen molar-refractivity contribution in [2.24, 2.45) is 0 Å². The van der Waals surface area contributed by atoms with Gasteiger partial charge in [-0.25, -0.2) is 4.79 Å². The highest BCUT2D eigenvalue weighted by atomic mass is 16.2. The molecule has 0 radical (unpaired) electrons. The zero-order valence-electron chi connectivity index (χ0n) is 16.3. The number of rotatable bonds is 8. The Labute approximate surface area is 167 Å². The van der Waals surface area contributed by atoms with Gasteiger partial charge in [-0.05, 0) is 42.4 Å². The first-order valence-electron chi connectivity index (χ1n) is 10.1. The first-order valence-corrected chi connectivity index (χ1v) is 10.1. The second-order valence-electron chi connectivity index (χ2n) is 7.24. The van der Waals surface area contributed by atoms with E-state index >= 15 is 0 Å². The average Bonchev–Trinajstić information content (AvgIpc) is 2.74. The fourth-order valence-electron chi connectivity index (χ4n) is 3.52. The molecule has 0 bridgehead atoms. The molecular weight excluding hydrogens is 350 g/mol. The summed E-state index contributed by atoms with van der Waals surface area (Å²) in [6.45, 7) is 2.01. The van der Waals surface area contributed by atoms with Crippen LogP contribution in [0.5, 0.6) is 0 Å². The Bertz CT molecular complexity index is 776. The first-order chi connectivity index (χ1) is 13.7. The molecule has 3 rings (SSSR count). The Morgan fingerprint density at radius 2 is 1.61 bits per heavy atom. The second-order valence-corrected chi connectivity index (χ2v) is 7.24. The fourth-order valence-corrected chi connectivity index (χ4v) is 3.52. The van der Waals surface area contributed by atoms with Crippen molar-refractivity contribution in [2.75, 3.05) is 19.6 Å². The highest BCUT2D eigenvalue weighted by molar-refractivity contribution is 5.84. The van der Waals surface area contributed by atoms with E-state index in [0.29, 0.717) is 19.6 Å². The molecule has 1 aliphatic rings. The number of benzene rings is 2. The molecular formula is C23H29N3O2. The van der Waals surface area contributed by atoms with Crippen LogP contribution in [0.25, 0.3) is 0 Å². The largest absolute Gasteiger partial charge is 0.338 e. The van der Waals surface area contributed by atoms with Crippen molar-refractivity contribution in [1.29, 1.82) is 0 Å². The van der Waals surface area contributed by atoms with Crippen molar-refractivity contribution >= 4 is 11.9 Å². The van der Waals surface area contributed by atoms with Gasteiger partial charge in [0.1, 0.15) is 0 Å². The molecule has 148 valence electrons. The number of nitrogens with one attached hydrogen (secondary N) is 2. The van der Waals surface area contributed by atoms with E-state index in [1.165, 1.54) is 16.7 Å². The van der Waals surface area contributed by atoms with Gasteiger partial charge in [0, 0.05) is 19.6 Å². The predicted molar refractivity (Wildman–Crippen MR) is 111 cm³/mol. The van der Waals surface area contributed by atoms with Gasteiger partial charge in [0.15, 0.2) is 0 Å². The molecule has 0 unspecified atom stereocenters.